The Morgan fingerprint density at radius 1 is 0.326 bits per heavy atom. The molecule has 11 rings (SSSR count). The molecule has 0 amide bonds. The van der Waals surface area contributed by atoms with E-state index in [0.717, 1.165) is 71.3 Å². The van der Waals surface area contributed by atoms with E-state index < -0.39 is 0 Å². The summed E-state index contributed by atoms with van der Waals surface area (Å²) in [5.41, 5.74) is 6.16. The van der Waals surface area contributed by atoms with E-state index in [0.29, 0.717) is 17.5 Å². The molecule has 0 aliphatic heterocycles. The standard InChI is InChI=1S/C41H21N3O2/c1-2-8-24(9-3-1)39-42-40(27-13-7-15-30-35(27)25-11-4-5-14-29(25)45-30)44-41(43-39)28-19-21-32-38-36(28)26-12-6-10-22-16-17-23-18-20-31(46-32)37(38)34(23)33(22)26/h1-21H. The molecule has 46 heavy (non-hydrogen) atoms. The molecule has 8 aromatic carbocycles. The van der Waals surface area contributed by atoms with Crippen molar-refractivity contribution in [2.75, 3.05) is 0 Å². The number of hydrogen-bond acceptors (Lipinski definition) is 5. The number of aromatic nitrogens is 3. The highest BCUT2D eigenvalue weighted by Gasteiger charge is 2.24. The van der Waals surface area contributed by atoms with Crippen molar-refractivity contribution in [1.29, 1.82) is 0 Å². The van der Waals surface area contributed by atoms with Gasteiger partial charge in [0.1, 0.15) is 22.3 Å². The van der Waals surface area contributed by atoms with Gasteiger partial charge in [-0.2, -0.15) is 0 Å². The molecular formula is C41H21N3O2. The van der Waals surface area contributed by atoms with Crippen LogP contribution in [0.4, 0.5) is 0 Å². The molecule has 3 aromatic heterocycles. The highest BCUT2D eigenvalue weighted by atomic mass is 16.3. The fraction of sp³-hybridized carbons (Fsp3) is 0. The van der Waals surface area contributed by atoms with Gasteiger partial charge in [0.2, 0.25) is 0 Å². The predicted octanol–water partition coefficient (Wildman–Crippen LogP) is 11.0. The molecule has 0 saturated carbocycles. The molecule has 0 N–H and O–H groups in total. The molecule has 0 spiro atoms. The Labute approximate surface area is 261 Å². The lowest BCUT2D eigenvalue weighted by atomic mass is 9.87. The summed E-state index contributed by atoms with van der Waals surface area (Å²) in [5, 5.41) is 11.4. The van der Waals surface area contributed by atoms with Gasteiger partial charge in [-0.25, -0.2) is 15.0 Å². The van der Waals surface area contributed by atoms with Gasteiger partial charge in [0.25, 0.3) is 0 Å². The molecule has 0 unspecified atom stereocenters. The van der Waals surface area contributed by atoms with Crippen LogP contribution < -0.4 is 0 Å². The number of para-hydroxylation sites is 1. The number of benzene rings is 8. The molecule has 5 nitrogen and oxygen atoms in total. The summed E-state index contributed by atoms with van der Waals surface area (Å²) in [4.78, 5) is 15.5. The van der Waals surface area contributed by atoms with E-state index >= 15 is 0 Å². The number of nitrogens with zero attached hydrogens (tertiary/aromatic N) is 3. The van der Waals surface area contributed by atoms with Crippen LogP contribution in [0.15, 0.2) is 136 Å². The lowest BCUT2D eigenvalue weighted by molar-refractivity contribution is 0.668. The second-order valence-electron chi connectivity index (χ2n) is 11.9. The third-order valence-electron chi connectivity index (χ3n) is 9.45. The van der Waals surface area contributed by atoms with E-state index in [1.165, 1.54) is 21.5 Å². The van der Waals surface area contributed by atoms with Gasteiger partial charge in [-0.3, -0.25) is 0 Å². The van der Waals surface area contributed by atoms with E-state index in [-0.39, 0.29) is 0 Å². The minimum absolute atomic E-state index is 0.599. The average molecular weight is 588 g/mol. The number of hydrogen-bond donors (Lipinski definition) is 0. The Balaban J connectivity index is 1.29. The zero-order chi connectivity index (χ0) is 29.9. The number of rotatable bonds is 3. The summed E-state index contributed by atoms with van der Waals surface area (Å²) in [6.07, 6.45) is 0. The molecule has 11 aromatic rings. The van der Waals surface area contributed by atoms with Gasteiger partial charge < -0.3 is 8.83 Å². The van der Waals surface area contributed by atoms with Gasteiger partial charge >= 0.3 is 0 Å². The molecule has 0 bridgehead atoms. The second kappa shape index (κ2) is 8.65. The van der Waals surface area contributed by atoms with E-state index in [4.69, 9.17) is 23.8 Å². The van der Waals surface area contributed by atoms with Gasteiger partial charge in [-0.1, -0.05) is 97.1 Å². The third kappa shape index (κ3) is 3.11. The summed E-state index contributed by atoms with van der Waals surface area (Å²) < 4.78 is 12.7. The van der Waals surface area contributed by atoms with Crippen LogP contribution in [0, 0.1) is 0 Å². The second-order valence-corrected chi connectivity index (χ2v) is 11.9. The molecule has 0 radical (unpaired) electrons. The fourth-order valence-corrected chi connectivity index (χ4v) is 7.51. The van der Waals surface area contributed by atoms with Crippen molar-refractivity contribution >= 4 is 76.2 Å². The largest absolute Gasteiger partial charge is 0.456 e. The van der Waals surface area contributed by atoms with Gasteiger partial charge in [-0.05, 0) is 51.9 Å². The number of fused-ring (bicyclic) bond motifs is 4. The minimum atomic E-state index is 0.599. The fourth-order valence-electron chi connectivity index (χ4n) is 7.51. The first kappa shape index (κ1) is 24.0. The van der Waals surface area contributed by atoms with Gasteiger partial charge in [0.15, 0.2) is 17.5 Å². The summed E-state index contributed by atoms with van der Waals surface area (Å²) >= 11 is 0. The first-order valence-electron chi connectivity index (χ1n) is 15.4. The van der Waals surface area contributed by atoms with E-state index in [9.17, 15) is 0 Å². The van der Waals surface area contributed by atoms with Crippen molar-refractivity contribution in [3.63, 3.8) is 0 Å². The lowest BCUT2D eigenvalue weighted by Crippen LogP contribution is -2.01. The van der Waals surface area contributed by atoms with Crippen LogP contribution in [-0.2, 0) is 0 Å². The van der Waals surface area contributed by atoms with Crippen LogP contribution in [0.2, 0.25) is 0 Å². The molecule has 5 heteroatoms. The quantitative estimate of drug-likeness (QED) is 0.152. The first-order valence-corrected chi connectivity index (χ1v) is 15.4. The molecule has 0 atom stereocenters. The third-order valence-corrected chi connectivity index (χ3v) is 9.45. The van der Waals surface area contributed by atoms with Crippen molar-refractivity contribution in [3.05, 3.63) is 127 Å². The van der Waals surface area contributed by atoms with E-state index in [1.54, 1.807) is 0 Å². The molecule has 212 valence electrons. The molecule has 0 aliphatic rings. The Kier molecular flexibility index (Phi) is 4.52. The summed E-state index contributed by atoms with van der Waals surface area (Å²) in [7, 11) is 0. The van der Waals surface area contributed by atoms with Crippen LogP contribution in [0.25, 0.3) is 110 Å². The summed E-state index contributed by atoms with van der Waals surface area (Å²) in [6.45, 7) is 0. The van der Waals surface area contributed by atoms with Crippen molar-refractivity contribution < 1.29 is 8.83 Å². The summed E-state index contributed by atoms with van der Waals surface area (Å²) in [5.74, 6) is 1.83. The molecule has 3 heterocycles. The van der Waals surface area contributed by atoms with Gasteiger partial charge in [0.05, 0.1) is 0 Å². The first-order chi connectivity index (χ1) is 22.8. The van der Waals surface area contributed by atoms with Crippen molar-refractivity contribution in [1.82, 2.24) is 15.0 Å². The topological polar surface area (TPSA) is 65.0 Å². The van der Waals surface area contributed by atoms with Crippen molar-refractivity contribution in [3.8, 4) is 34.2 Å². The van der Waals surface area contributed by atoms with Gasteiger partial charge in [-0.15, -0.1) is 0 Å². The highest BCUT2D eigenvalue weighted by Crippen LogP contribution is 2.48. The molecule has 0 fully saturated rings. The van der Waals surface area contributed by atoms with Crippen LogP contribution in [-0.4, -0.2) is 15.0 Å². The Morgan fingerprint density at radius 3 is 1.78 bits per heavy atom. The Bertz CT molecular complexity index is 2970. The highest BCUT2D eigenvalue weighted by molar-refractivity contribution is 6.40. The maximum Gasteiger partial charge on any atom is 0.164 e. The van der Waals surface area contributed by atoms with Gasteiger partial charge in [0, 0.05) is 49.0 Å². The van der Waals surface area contributed by atoms with Crippen molar-refractivity contribution in [2.45, 2.75) is 0 Å². The minimum Gasteiger partial charge on any atom is -0.456 e. The van der Waals surface area contributed by atoms with E-state index in [2.05, 4.69) is 66.7 Å². The zero-order valence-corrected chi connectivity index (χ0v) is 24.3. The smallest absolute Gasteiger partial charge is 0.164 e. The van der Waals surface area contributed by atoms with E-state index in [1.807, 2.05) is 60.7 Å². The molecular weight excluding hydrogens is 566 g/mol. The monoisotopic (exact) mass is 587 g/mol. The maximum atomic E-state index is 6.47. The SMILES string of the molecule is c1ccc(-c2nc(-c3cccc4oc5ccccc5c34)nc(-c3ccc4oc5ccc6ccc7cccc8c3c4c5c6c78)n2)cc1. The summed E-state index contributed by atoms with van der Waals surface area (Å²) in [6, 6.07) is 43.7. The Morgan fingerprint density at radius 2 is 0.913 bits per heavy atom. The molecule has 0 saturated heterocycles. The van der Waals surface area contributed by atoms with Crippen LogP contribution in [0.1, 0.15) is 0 Å². The van der Waals surface area contributed by atoms with Crippen LogP contribution >= 0.6 is 0 Å². The van der Waals surface area contributed by atoms with Crippen LogP contribution in [0.3, 0.4) is 0 Å². The number of furan rings is 2. The van der Waals surface area contributed by atoms with Crippen LogP contribution in [0.5, 0.6) is 0 Å². The average Bonchev–Trinajstić information content (AvgIpc) is 3.70. The Hall–Kier alpha value is -6.33. The predicted molar refractivity (Wildman–Crippen MR) is 186 cm³/mol. The maximum absolute atomic E-state index is 6.47. The normalized spacial score (nSPS) is 12.3. The lowest BCUT2D eigenvalue weighted by Gasteiger charge is -2.15. The zero-order valence-electron chi connectivity index (χ0n) is 24.3. The molecule has 0 aliphatic carbocycles. The van der Waals surface area contributed by atoms with Crippen molar-refractivity contribution in [2.24, 2.45) is 0 Å².